The number of ether oxygens (including phenoxy) is 1. The molecule has 1 aromatic carbocycles. The van der Waals surface area contributed by atoms with Crippen molar-refractivity contribution in [3.05, 3.63) is 28.2 Å². The van der Waals surface area contributed by atoms with Crippen LogP contribution in [0.4, 0.5) is 0 Å². The van der Waals surface area contributed by atoms with Crippen molar-refractivity contribution < 1.29 is 9.53 Å². The zero-order chi connectivity index (χ0) is 13.8. The van der Waals surface area contributed by atoms with Gasteiger partial charge in [0.05, 0.1) is 5.02 Å². The number of halogens is 2. The molecule has 1 aliphatic carbocycles. The highest BCUT2D eigenvalue weighted by atomic mass is 35.5. The van der Waals surface area contributed by atoms with E-state index >= 15 is 0 Å². The van der Waals surface area contributed by atoms with Gasteiger partial charge in [-0.15, -0.1) is 0 Å². The molecule has 0 heterocycles. The highest BCUT2D eigenvalue weighted by Crippen LogP contribution is 2.32. The summed E-state index contributed by atoms with van der Waals surface area (Å²) in [6.07, 6.45) is 3.88. The predicted octanol–water partition coefficient (Wildman–Crippen LogP) is 3.82. The molecule has 0 spiro atoms. The van der Waals surface area contributed by atoms with Crippen LogP contribution < -0.4 is 10.1 Å². The Morgan fingerprint density at radius 2 is 2.05 bits per heavy atom. The maximum atomic E-state index is 12.0. The summed E-state index contributed by atoms with van der Waals surface area (Å²) in [5, 5.41) is 3.75. The molecule has 0 radical (unpaired) electrons. The molecule has 0 aromatic heterocycles. The molecule has 1 N–H and O–H groups in total. The van der Waals surface area contributed by atoms with Gasteiger partial charge in [0.2, 0.25) is 0 Å². The van der Waals surface area contributed by atoms with Gasteiger partial charge in [-0.2, -0.15) is 0 Å². The Bertz CT molecular complexity index is 459. The number of nitrogens with one attached hydrogen (secondary N) is 1. The molecule has 1 aliphatic rings. The zero-order valence-corrected chi connectivity index (χ0v) is 12.3. The first-order chi connectivity index (χ1) is 9.08. The predicted molar refractivity (Wildman–Crippen MR) is 77.0 cm³/mol. The van der Waals surface area contributed by atoms with Gasteiger partial charge in [-0.3, -0.25) is 4.79 Å². The van der Waals surface area contributed by atoms with E-state index in [1.54, 1.807) is 25.1 Å². The van der Waals surface area contributed by atoms with Crippen molar-refractivity contribution in [1.82, 2.24) is 5.32 Å². The number of benzene rings is 1. The second-order valence-electron chi connectivity index (χ2n) is 4.80. The molecule has 1 aromatic rings. The van der Waals surface area contributed by atoms with Gasteiger partial charge in [0.1, 0.15) is 10.8 Å². The Hall–Kier alpha value is -0.930. The number of amides is 1. The van der Waals surface area contributed by atoms with E-state index < -0.39 is 6.10 Å². The molecular formula is C14H17Cl2NO2. The minimum absolute atomic E-state index is 0.108. The quantitative estimate of drug-likeness (QED) is 0.918. The lowest BCUT2D eigenvalue weighted by atomic mass is 10.2. The summed E-state index contributed by atoms with van der Waals surface area (Å²) in [5.74, 6) is 0.325. The monoisotopic (exact) mass is 301 g/mol. The number of hydrogen-bond acceptors (Lipinski definition) is 2. The first kappa shape index (κ1) is 14.5. The Balaban J connectivity index is 1.94. The second-order valence-corrected chi connectivity index (χ2v) is 5.59. The Morgan fingerprint density at radius 3 is 2.74 bits per heavy atom. The van der Waals surface area contributed by atoms with Gasteiger partial charge in [-0.05, 0) is 31.9 Å². The van der Waals surface area contributed by atoms with Gasteiger partial charge >= 0.3 is 0 Å². The Kier molecular flexibility index (Phi) is 4.94. The zero-order valence-electron chi connectivity index (χ0n) is 10.8. The lowest BCUT2D eigenvalue weighted by Gasteiger charge is -2.18. The van der Waals surface area contributed by atoms with Crippen LogP contribution in [0.3, 0.4) is 0 Å². The molecule has 1 amide bonds. The van der Waals surface area contributed by atoms with E-state index in [-0.39, 0.29) is 11.9 Å². The summed E-state index contributed by atoms with van der Waals surface area (Å²) >= 11 is 11.9. The molecule has 5 heteroatoms. The van der Waals surface area contributed by atoms with Gasteiger partial charge in [0, 0.05) is 6.04 Å². The molecule has 1 atom stereocenters. The van der Waals surface area contributed by atoms with Crippen molar-refractivity contribution in [3.63, 3.8) is 0 Å². The SMILES string of the molecule is C[C@@H](Oc1cccc(Cl)c1Cl)C(=O)NC1CCCC1. The van der Waals surface area contributed by atoms with Gasteiger partial charge in [-0.25, -0.2) is 0 Å². The molecule has 104 valence electrons. The average Bonchev–Trinajstić information content (AvgIpc) is 2.87. The average molecular weight is 302 g/mol. The van der Waals surface area contributed by atoms with Crippen molar-refractivity contribution in [3.8, 4) is 5.75 Å². The Morgan fingerprint density at radius 1 is 1.37 bits per heavy atom. The van der Waals surface area contributed by atoms with E-state index in [1.807, 2.05) is 0 Å². The Labute approximate surface area is 123 Å². The van der Waals surface area contributed by atoms with E-state index in [2.05, 4.69) is 5.32 Å². The fraction of sp³-hybridized carbons (Fsp3) is 0.500. The van der Waals surface area contributed by atoms with Crippen molar-refractivity contribution >= 4 is 29.1 Å². The second kappa shape index (κ2) is 6.49. The fourth-order valence-electron chi connectivity index (χ4n) is 2.21. The van der Waals surface area contributed by atoms with Gasteiger partial charge < -0.3 is 10.1 Å². The molecule has 19 heavy (non-hydrogen) atoms. The molecule has 0 saturated heterocycles. The van der Waals surface area contributed by atoms with E-state index in [0.29, 0.717) is 15.8 Å². The van der Waals surface area contributed by atoms with Crippen LogP contribution in [0.5, 0.6) is 5.75 Å². The van der Waals surface area contributed by atoms with Crippen molar-refractivity contribution in [2.75, 3.05) is 0 Å². The van der Waals surface area contributed by atoms with Crippen LogP contribution in [0.25, 0.3) is 0 Å². The van der Waals surface area contributed by atoms with Crippen molar-refractivity contribution in [1.29, 1.82) is 0 Å². The highest BCUT2D eigenvalue weighted by Gasteiger charge is 2.22. The van der Waals surface area contributed by atoms with Gasteiger partial charge in [-0.1, -0.05) is 42.1 Å². The lowest BCUT2D eigenvalue weighted by molar-refractivity contribution is -0.127. The third-order valence-electron chi connectivity index (χ3n) is 3.29. The van der Waals surface area contributed by atoms with Crippen molar-refractivity contribution in [2.45, 2.75) is 44.8 Å². The van der Waals surface area contributed by atoms with Crippen LogP contribution in [-0.2, 0) is 4.79 Å². The number of rotatable bonds is 4. The summed E-state index contributed by atoms with van der Waals surface area (Å²) < 4.78 is 5.57. The van der Waals surface area contributed by atoms with Crippen molar-refractivity contribution in [2.24, 2.45) is 0 Å². The smallest absolute Gasteiger partial charge is 0.260 e. The molecule has 0 bridgehead atoms. The van der Waals surface area contributed by atoms with Crippen LogP contribution in [0.1, 0.15) is 32.6 Å². The number of hydrogen-bond donors (Lipinski definition) is 1. The topological polar surface area (TPSA) is 38.3 Å². The molecule has 1 fully saturated rings. The minimum Gasteiger partial charge on any atom is -0.479 e. The third kappa shape index (κ3) is 3.77. The fourth-order valence-corrected chi connectivity index (χ4v) is 2.54. The van der Waals surface area contributed by atoms with Gasteiger partial charge in [0.15, 0.2) is 6.10 Å². The molecule has 2 rings (SSSR count). The summed E-state index contributed by atoms with van der Waals surface area (Å²) in [6, 6.07) is 5.41. The minimum atomic E-state index is -0.587. The normalized spacial score (nSPS) is 17.2. The van der Waals surface area contributed by atoms with Crippen LogP contribution in [0.2, 0.25) is 10.0 Å². The van der Waals surface area contributed by atoms with E-state index in [1.165, 1.54) is 12.8 Å². The number of carbonyl (C=O) groups is 1. The summed E-state index contributed by atoms with van der Waals surface area (Å²) in [6.45, 7) is 1.71. The molecule has 1 saturated carbocycles. The first-order valence-electron chi connectivity index (χ1n) is 6.49. The maximum absolute atomic E-state index is 12.0. The van der Waals surface area contributed by atoms with E-state index in [0.717, 1.165) is 12.8 Å². The summed E-state index contributed by atoms with van der Waals surface area (Å²) in [4.78, 5) is 12.0. The van der Waals surface area contributed by atoms with Gasteiger partial charge in [0.25, 0.3) is 5.91 Å². The van der Waals surface area contributed by atoms with Crippen LogP contribution in [0.15, 0.2) is 18.2 Å². The molecule has 0 aliphatic heterocycles. The maximum Gasteiger partial charge on any atom is 0.260 e. The lowest BCUT2D eigenvalue weighted by Crippen LogP contribution is -2.41. The van der Waals surface area contributed by atoms with E-state index in [9.17, 15) is 4.79 Å². The first-order valence-corrected chi connectivity index (χ1v) is 7.24. The number of carbonyl (C=O) groups excluding carboxylic acids is 1. The summed E-state index contributed by atoms with van der Waals surface area (Å²) in [7, 11) is 0. The molecule has 3 nitrogen and oxygen atoms in total. The molecule has 0 unspecified atom stereocenters. The standard InChI is InChI=1S/C14H17Cl2NO2/c1-9(14(18)17-10-5-2-3-6-10)19-12-8-4-7-11(15)13(12)16/h4,7-10H,2-3,5-6H2,1H3,(H,17,18)/t9-/m1/s1. The van der Waals surface area contributed by atoms with E-state index in [4.69, 9.17) is 27.9 Å². The van der Waals surface area contributed by atoms with Crippen LogP contribution in [0, 0.1) is 0 Å². The molecular weight excluding hydrogens is 285 g/mol. The van der Waals surface area contributed by atoms with Crippen LogP contribution >= 0.6 is 23.2 Å². The summed E-state index contributed by atoms with van der Waals surface area (Å²) in [5.41, 5.74) is 0. The van der Waals surface area contributed by atoms with Crippen LogP contribution in [-0.4, -0.2) is 18.1 Å². The largest absolute Gasteiger partial charge is 0.479 e. The third-order valence-corrected chi connectivity index (χ3v) is 4.09. The highest BCUT2D eigenvalue weighted by molar-refractivity contribution is 6.42.